The molecule has 0 atom stereocenters. The van der Waals surface area contributed by atoms with Crippen molar-refractivity contribution in [2.45, 2.75) is 12.7 Å². The molecule has 0 radical (unpaired) electrons. The zero-order chi connectivity index (χ0) is 25.6. The number of halogens is 6. The molecule has 0 aliphatic carbocycles. The Morgan fingerprint density at radius 3 is 2.25 bits per heavy atom. The Balaban J connectivity index is 1.68. The van der Waals surface area contributed by atoms with Crippen LogP contribution in [0.25, 0.3) is 27.9 Å². The largest absolute Gasteiger partial charge is 0.433 e. The van der Waals surface area contributed by atoms with E-state index in [1.807, 2.05) is 0 Å². The minimum Gasteiger partial charge on any atom is -0.251 e. The van der Waals surface area contributed by atoms with Gasteiger partial charge in [-0.15, -0.1) is 5.10 Å². The first-order valence-corrected chi connectivity index (χ1v) is 10.7. The van der Waals surface area contributed by atoms with Gasteiger partial charge in [0.25, 0.3) is 0 Å². The van der Waals surface area contributed by atoms with E-state index >= 15 is 0 Å². The molecule has 0 saturated heterocycles. The minimum atomic E-state index is -4.60. The fourth-order valence-electron chi connectivity index (χ4n) is 3.71. The molecule has 0 aliphatic rings. The molecule has 6 nitrogen and oxygen atoms in total. The second-order valence-electron chi connectivity index (χ2n) is 7.79. The second kappa shape index (κ2) is 8.83. The highest BCUT2D eigenvalue weighted by Gasteiger charge is 2.32. The lowest BCUT2D eigenvalue weighted by molar-refractivity contribution is -0.141. The Hall–Kier alpha value is -4.12. The van der Waals surface area contributed by atoms with Crippen LogP contribution in [0.3, 0.4) is 0 Å². The monoisotopic (exact) mass is 517 g/mol. The molecular weight excluding hydrogens is 505 g/mol. The van der Waals surface area contributed by atoms with Gasteiger partial charge in [0.1, 0.15) is 5.69 Å². The molecule has 0 N–H and O–H groups in total. The summed E-state index contributed by atoms with van der Waals surface area (Å²) in [6.45, 7) is -0.194. The zero-order valence-corrected chi connectivity index (χ0v) is 18.7. The number of alkyl halides is 3. The molecule has 0 saturated carbocycles. The van der Waals surface area contributed by atoms with Gasteiger partial charge in [0.2, 0.25) is 0 Å². The van der Waals surface area contributed by atoms with E-state index in [-0.39, 0.29) is 17.8 Å². The van der Waals surface area contributed by atoms with Crippen molar-refractivity contribution in [2.24, 2.45) is 0 Å². The van der Waals surface area contributed by atoms with Gasteiger partial charge in [-0.25, -0.2) is 18.3 Å². The summed E-state index contributed by atoms with van der Waals surface area (Å²) in [7, 11) is 0. The van der Waals surface area contributed by atoms with Crippen LogP contribution in [0.15, 0.2) is 71.8 Å². The van der Waals surface area contributed by atoms with E-state index in [4.69, 9.17) is 11.6 Å². The first kappa shape index (κ1) is 23.6. The van der Waals surface area contributed by atoms with Crippen molar-refractivity contribution in [3.63, 3.8) is 0 Å². The Bertz CT molecular complexity index is 1640. The highest BCUT2D eigenvalue weighted by molar-refractivity contribution is 6.30. The molecule has 3 heterocycles. The maximum absolute atomic E-state index is 14.2. The molecule has 182 valence electrons. The molecular formula is C24H13ClF5N5O. The van der Waals surface area contributed by atoms with Crippen LogP contribution in [0.4, 0.5) is 22.0 Å². The summed E-state index contributed by atoms with van der Waals surface area (Å²) in [5, 5.41) is 8.97. The van der Waals surface area contributed by atoms with Gasteiger partial charge in [0.15, 0.2) is 17.3 Å². The molecule has 12 heteroatoms. The number of pyridine rings is 1. The topological polar surface area (TPSA) is 65.1 Å². The molecule has 0 unspecified atom stereocenters. The lowest BCUT2D eigenvalue weighted by Crippen LogP contribution is -2.23. The van der Waals surface area contributed by atoms with Crippen molar-refractivity contribution in [1.29, 1.82) is 0 Å². The van der Waals surface area contributed by atoms with Gasteiger partial charge >= 0.3 is 11.9 Å². The van der Waals surface area contributed by atoms with E-state index in [0.29, 0.717) is 27.3 Å². The second-order valence-corrected chi connectivity index (χ2v) is 8.23. The smallest absolute Gasteiger partial charge is 0.251 e. The summed E-state index contributed by atoms with van der Waals surface area (Å²) >= 11 is 5.99. The quantitative estimate of drug-likeness (QED) is 0.290. The third-order valence-electron chi connectivity index (χ3n) is 5.42. The van der Waals surface area contributed by atoms with Crippen LogP contribution >= 0.6 is 11.6 Å². The number of benzene rings is 2. The number of rotatable bonds is 4. The molecule has 0 aliphatic heterocycles. The first-order chi connectivity index (χ1) is 17.1. The van der Waals surface area contributed by atoms with Crippen molar-refractivity contribution in [1.82, 2.24) is 24.4 Å². The first-order valence-electron chi connectivity index (χ1n) is 10.3. The maximum Gasteiger partial charge on any atom is 0.433 e. The van der Waals surface area contributed by atoms with Crippen molar-refractivity contribution >= 4 is 17.2 Å². The fourth-order valence-corrected chi connectivity index (χ4v) is 3.83. The molecule has 0 spiro atoms. The molecule has 5 rings (SSSR count). The Morgan fingerprint density at radius 1 is 0.889 bits per heavy atom. The third kappa shape index (κ3) is 4.33. The van der Waals surface area contributed by atoms with Crippen molar-refractivity contribution < 1.29 is 22.0 Å². The molecule has 0 amide bonds. The molecule has 2 aromatic carbocycles. The lowest BCUT2D eigenvalue weighted by Gasteiger charge is -2.11. The van der Waals surface area contributed by atoms with Gasteiger partial charge in [-0.05, 0) is 47.0 Å². The summed E-state index contributed by atoms with van der Waals surface area (Å²) < 4.78 is 68.2. The van der Waals surface area contributed by atoms with Crippen molar-refractivity contribution in [3.8, 4) is 22.3 Å². The van der Waals surface area contributed by atoms with Crippen LogP contribution in [0.2, 0.25) is 5.02 Å². The fraction of sp³-hybridized carbons (Fsp3) is 0.0833. The summed E-state index contributed by atoms with van der Waals surface area (Å²) in [5.74, 6) is -2.14. The summed E-state index contributed by atoms with van der Waals surface area (Å²) in [4.78, 5) is 16.4. The van der Waals surface area contributed by atoms with E-state index in [1.54, 1.807) is 24.3 Å². The van der Waals surface area contributed by atoms with Gasteiger partial charge < -0.3 is 0 Å². The Labute approximate surface area is 204 Å². The molecule has 5 aromatic rings. The van der Waals surface area contributed by atoms with Gasteiger partial charge in [-0.3, -0.25) is 4.98 Å². The number of hydrogen-bond acceptors (Lipinski definition) is 4. The molecule has 0 bridgehead atoms. The number of aromatic nitrogens is 5. The summed E-state index contributed by atoms with van der Waals surface area (Å²) in [6.07, 6.45) is -2.21. The van der Waals surface area contributed by atoms with Crippen molar-refractivity contribution in [2.75, 3.05) is 0 Å². The van der Waals surface area contributed by atoms with Gasteiger partial charge in [-0.2, -0.15) is 22.8 Å². The summed E-state index contributed by atoms with van der Waals surface area (Å²) in [5.41, 5.74) is 0.216. The highest BCUT2D eigenvalue weighted by Crippen LogP contribution is 2.35. The third-order valence-corrected chi connectivity index (χ3v) is 5.68. The maximum atomic E-state index is 14.2. The predicted octanol–water partition coefficient (Wildman–Crippen LogP) is 5.62. The number of hydrogen-bond donors (Lipinski definition) is 0. The van der Waals surface area contributed by atoms with Crippen LogP contribution < -0.4 is 5.69 Å². The number of fused-ring (bicyclic) bond motifs is 1. The lowest BCUT2D eigenvalue weighted by atomic mass is 9.97. The Morgan fingerprint density at radius 2 is 1.61 bits per heavy atom. The van der Waals surface area contributed by atoms with E-state index < -0.39 is 29.2 Å². The average molecular weight is 518 g/mol. The zero-order valence-electron chi connectivity index (χ0n) is 18.0. The Kier molecular flexibility index (Phi) is 5.79. The standard InChI is InChI=1S/C24H13ClF5N5O/c25-16-5-2-14(3-6-16)17-11-32-35-22(21(17)15-4-7-18(26)19(27)9-15)33-34(23(35)36)12-13-1-8-20(31-10-13)24(28,29)30/h1-11H,12H2. The predicted molar refractivity (Wildman–Crippen MR) is 121 cm³/mol. The van der Waals surface area contributed by atoms with Crippen LogP contribution in [0.1, 0.15) is 11.3 Å². The van der Waals surface area contributed by atoms with Crippen molar-refractivity contribution in [3.05, 3.63) is 105 Å². The van der Waals surface area contributed by atoms with E-state index in [1.165, 1.54) is 18.3 Å². The minimum absolute atomic E-state index is 0.0401. The van der Waals surface area contributed by atoms with Crippen LogP contribution in [-0.2, 0) is 12.7 Å². The van der Waals surface area contributed by atoms with Crippen LogP contribution in [0.5, 0.6) is 0 Å². The molecule has 0 fully saturated rings. The number of nitrogens with zero attached hydrogens (tertiary/aromatic N) is 5. The normalized spacial score (nSPS) is 11.8. The van der Waals surface area contributed by atoms with Crippen LogP contribution in [-0.4, -0.2) is 24.4 Å². The average Bonchev–Trinajstić information content (AvgIpc) is 3.16. The highest BCUT2D eigenvalue weighted by atomic mass is 35.5. The van der Waals surface area contributed by atoms with Gasteiger partial charge in [0, 0.05) is 22.3 Å². The van der Waals surface area contributed by atoms with E-state index in [2.05, 4.69) is 15.2 Å². The molecule has 3 aromatic heterocycles. The molecule has 36 heavy (non-hydrogen) atoms. The van der Waals surface area contributed by atoms with Gasteiger partial charge in [0.05, 0.1) is 12.7 Å². The SMILES string of the molecule is O=c1n(Cc2ccc(C(F)(F)F)nc2)nc2c(-c3ccc(F)c(F)c3)c(-c3ccc(Cl)cc3)cnn12. The van der Waals surface area contributed by atoms with Gasteiger partial charge in [-0.1, -0.05) is 35.9 Å². The van der Waals surface area contributed by atoms with E-state index in [9.17, 15) is 26.7 Å². The summed E-state index contributed by atoms with van der Waals surface area (Å²) in [6, 6.07) is 11.9. The van der Waals surface area contributed by atoms with E-state index in [0.717, 1.165) is 33.6 Å². The van der Waals surface area contributed by atoms with Crippen LogP contribution in [0, 0.1) is 11.6 Å².